The van der Waals surface area contributed by atoms with E-state index < -0.39 is 0 Å². The highest BCUT2D eigenvalue weighted by Gasteiger charge is 2.12. The summed E-state index contributed by atoms with van der Waals surface area (Å²) in [5.41, 5.74) is 4.81. The van der Waals surface area contributed by atoms with Crippen molar-refractivity contribution in [1.82, 2.24) is 5.32 Å². The van der Waals surface area contributed by atoms with Crippen LogP contribution in [0.3, 0.4) is 0 Å². The van der Waals surface area contributed by atoms with Gasteiger partial charge in [0.05, 0.1) is 4.47 Å². The maximum absolute atomic E-state index is 13.7. The van der Waals surface area contributed by atoms with Gasteiger partial charge >= 0.3 is 0 Å². The zero-order chi connectivity index (χ0) is 14.7. The predicted octanol–water partition coefficient (Wildman–Crippen LogP) is 4.71. The Hall–Kier alpha value is -1.19. The second-order valence-electron chi connectivity index (χ2n) is 5.14. The monoisotopic (exact) mass is 335 g/mol. The van der Waals surface area contributed by atoms with Gasteiger partial charge in [0.2, 0.25) is 0 Å². The minimum absolute atomic E-state index is 0.111. The van der Waals surface area contributed by atoms with Crippen molar-refractivity contribution < 1.29 is 4.39 Å². The van der Waals surface area contributed by atoms with Crippen molar-refractivity contribution in [3.8, 4) is 0 Å². The molecule has 0 bridgehead atoms. The van der Waals surface area contributed by atoms with Gasteiger partial charge in [0.15, 0.2) is 0 Å². The van der Waals surface area contributed by atoms with Gasteiger partial charge in [-0.2, -0.15) is 0 Å². The molecule has 0 saturated heterocycles. The molecule has 0 saturated carbocycles. The van der Waals surface area contributed by atoms with E-state index in [1.807, 2.05) is 13.1 Å². The first-order valence-corrected chi connectivity index (χ1v) is 7.49. The van der Waals surface area contributed by atoms with E-state index in [-0.39, 0.29) is 11.9 Å². The van der Waals surface area contributed by atoms with Gasteiger partial charge in [-0.25, -0.2) is 4.39 Å². The molecule has 2 rings (SSSR count). The summed E-state index contributed by atoms with van der Waals surface area (Å²) in [5, 5.41) is 3.27. The number of halogens is 2. The minimum Gasteiger partial charge on any atom is -0.313 e. The second kappa shape index (κ2) is 6.51. The summed E-state index contributed by atoms with van der Waals surface area (Å²) < 4.78 is 14.2. The lowest BCUT2D eigenvalue weighted by molar-refractivity contribution is 0.575. The first kappa shape index (κ1) is 15.2. The van der Waals surface area contributed by atoms with Gasteiger partial charge in [-0.15, -0.1) is 0 Å². The van der Waals surface area contributed by atoms with Crippen LogP contribution in [0.2, 0.25) is 0 Å². The third-order valence-electron chi connectivity index (χ3n) is 3.71. The van der Waals surface area contributed by atoms with Crippen LogP contribution in [0.5, 0.6) is 0 Å². The summed E-state index contributed by atoms with van der Waals surface area (Å²) >= 11 is 3.19. The van der Waals surface area contributed by atoms with Gasteiger partial charge in [0, 0.05) is 6.04 Å². The summed E-state index contributed by atoms with van der Waals surface area (Å²) in [7, 11) is 1.91. The molecule has 20 heavy (non-hydrogen) atoms. The topological polar surface area (TPSA) is 12.0 Å². The molecule has 0 spiro atoms. The molecule has 0 aliphatic rings. The largest absolute Gasteiger partial charge is 0.313 e. The average Bonchev–Trinajstić information content (AvgIpc) is 2.43. The summed E-state index contributed by atoms with van der Waals surface area (Å²) in [6, 6.07) is 11.9. The van der Waals surface area contributed by atoms with Crippen molar-refractivity contribution in [3.63, 3.8) is 0 Å². The van der Waals surface area contributed by atoms with E-state index >= 15 is 0 Å². The molecule has 3 heteroatoms. The third kappa shape index (κ3) is 3.47. The first-order valence-electron chi connectivity index (χ1n) is 6.69. The van der Waals surface area contributed by atoms with Crippen LogP contribution in [-0.2, 0) is 6.42 Å². The number of hydrogen-bond acceptors (Lipinski definition) is 1. The number of aryl methyl sites for hydroxylation is 2. The summed E-state index contributed by atoms with van der Waals surface area (Å²) in [4.78, 5) is 0. The third-order valence-corrected chi connectivity index (χ3v) is 4.35. The van der Waals surface area contributed by atoms with Gasteiger partial charge in [0.1, 0.15) is 5.82 Å². The van der Waals surface area contributed by atoms with E-state index in [0.29, 0.717) is 4.47 Å². The van der Waals surface area contributed by atoms with Crippen molar-refractivity contribution >= 4 is 15.9 Å². The number of rotatable bonds is 4. The Morgan fingerprint density at radius 1 is 1.10 bits per heavy atom. The number of likely N-dealkylation sites (N-methyl/N-ethyl adjacent to an activating group) is 1. The van der Waals surface area contributed by atoms with E-state index in [1.165, 1.54) is 16.7 Å². The molecular formula is C17H19BrFN. The lowest BCUT2D eigenvalue weighted by Gasteiger charge is -2.18. The van der Waals surface area contributed by atoms with E-state index in [1.54, 1.807) is 12.1 Å². The SMILES string of the molecule is CNC(Cc1ccc(C)c(C)c1)c1ccc(Br)c(F)c1. The van der Waals surface area contributed by atoms with Gasteiger partial charge < -0.3 is 5.32 Å². The summed E-state index contributed by atoms with van der Waals surface area (Å²) in [6.07, 6.45) is 0.846. The Labute approximate surface area is 128 Å². The maximum Gasteiger partial charge on any atom is 0.137 e. The van der Waals surface area contributed by atoms with Crippen LogP contribution < -0.4 is 5.32 Å². The zero-order valence-electron chi connectivity index (χ0n) is 12.0. The second-order valence-corrected chi connectivity index (χ2v) is 5.99. The fraction of sp³-hybridized carbons (Fsp3) is 0.294. The Morgan fingerprint density at radius 2 is 1.85 bits per heavy atom. The molecule has 0 heterocycles. The van der Waals surface area contributed by atoms with Crippen molar-refractivity contribution in [1.29, 1.82) is 0 Å². The fourth-order valence-corrected chi connectivity index (χ4v) is 2.53. The first-order chi connectivity index (χ1) is 9.51. The van der Waals surface area contributed by atoms with Crippen LogP contribution in [0.4, 0.5) is 4.39 Å². The molecule has 1 nitrogen and oxygen atoms in total. The van der Waals surface area contributed by atoms with Crippen LogP contribution >= 0.6 is 15.9 Å². The Balaban J connectivity index is 2.23. The van der Waals surface area contributed by atoms with Gasteiger partial charge in [-0.3, -0.25) is 0 Å². The van der Waals surface area contributed by atoms with Gasteiger partial charge in [-0.05, 0) is 77.6 Å². The molecule has 0 aliphatic carbocycles. The van der Waals surface area contributed by atoms with Gasteiger partial charge in [-0.1, -0.05) is 24.3 Å². The highest BCUT2D eigenvalue weighted by Crippen LogP contribution is 2.24. The molecule has 0 radical (unpaired) electrons. The van der Waals surface area contributed by atoms with E-state index in [2.05, 4.69) is 53.3 Å². The molecule has 2 aromatic carbocycles. The Kier molecular flexibility index (Phi) is 4.95. The summed E-state index contributed by atoms with van der Waals surface area (Å²) in [6.45, 7) is 4.23. The van der Waals surface area contributed by atoms with Crippen LogP contribution in [0.1, 0.15) is 28.3 Å². The number of benzene rings is 2. The standard InChI is InChI=1S/C17H19BrFN/c1-11-4-5-13(8-12(11)2)9-17(20-3)14-6-7-15(18)16(19)10-14/h4-8,10,17,20H,9H2,1-3H3. The molecule has 0 aliphatic heterocycles. The molecular weight excluding hydrogens is 317 g/mol. The van der Waals surface area contributed by atoms with Gasteiger partial charge in [0.25, 0.3) is 0 Å². The number of hydrogen-bond donors (Lipinski definition) is 1. The van der Waals surface area contributed by atoms with Crippen LogP contribution in [-0.4, -0.2) is 7.05 Å². The van der Waals surface area contributed by atoms with E-state index in [0.717, 1.165) is 12.0 Å². The molecule has 0 amide bonds. The minimum atomic E-state index is -0.220. The number of nitrogens with one attached hydrogen (secondary N) is 1. The lowest BCUT2D eigenvalue weighted by atomic mass is 9.96. The highest BCUT2D eigenvalue weighted by molar-refractivity contribution is 9.10. The van der Waals surface area contributed by atoms with Crippen molar-refractivity contribution in [2.75, 3.05) is 7.05 Å². The zero-order valence-corrected chi connectivity index (χ0v) is 13.6. The average molecular weight is 336 g/mol. The van der Waals surface area contributed by atoms with E-state index in [9.17, 15) is 4.39 Å². The molecule has 2 aromatic rings. The normalized spacial score (nSPS) is 12.4. The van der Waals surface area contributed by atoms with E-state index in [4.69, 9.17) is 0 Å². The highest BCUT2D eigenvalue weighted by atomic mass is 79.9. The fourth-order valence-electron chi connectivity index (χ4n) is 2.28. The Bertz CT molecular complexity index is 610. The molecule has 1 unspecified atom stereocenters. The molecule has 106 valence electrons. The van der Waals surface area contributed by atoms with Crippen molar-refractivity contribution in [2.45, 2.75) is 26.3 Å². The predicted molar refractivity (Wildman–Crippen MR) is 85.5 cm³/mol. The van der Waals surface area contributed by atoms with Crippen LogP contribution in [0, 0.1) is 19.7 Å². The molecule has 1 atom stereocenters. The van der Waals surface area contributed by atoms with Crippen molar-refractivity contribution in [3.05, 3.63) is 68.9 Å². The lowest BCUT2D eigenvalue weighted by Crippen LogP contribution is -2.19. The van der Waals surface area contributed by atoms with Crippen LogP contribution in [0.15, 0.2) is 40.9 Å². The molecule has 0 aromatic heterocycles. The maximum atomic E-state index is 13.7. The smallest absolute Gasteiger partial charge is 0.137 e. The Morgan fingerprint density at radius 3 is 2.45 bits per heavy atom. The molecule has 1 N–H and O–H groups in total. The quantitative estimate of drug-likeness (QED) is 0.853. The van der Waals surface area contributed by atoms with Crippen LogP contribution in [0.25, 0.3) is 0 Å². The summed E-state index contributed by atoms with van der Waals surface area (Å²) in [5.74, 6) is -0.220. The molecule has 0 fully saturated rings. The van der Waals surface area contributed by atoms with Crippen molar-refractivity contribution in [2.24, 2.45) is 0 Å².